The van der Waals surface area contributed by atoms with E-state index in [-0.39, 0.29) is 0 Å². The van der Waals surface area contributed by atoms with Crippen LogP contribution in [0, 0.1) is 5.92 Å². The van der Waals surface area contributed by atoms with Crippen LogP contribution in [0.1, 0.15) is 39.5 Å². The molecule has 1 aliphatic rings. The molecular formula is C16H28N4O. The second-order valence-electron chi connectivity index (χ2n) is 5.70. The minimum absolute atomic E-state index is 0.640. The first-order valence-electron chi connectivity index (χ1n) is 8.24. The molecule has 2 rings (SSSR count). The maximum atomic E-state index is 5.60. The molecule has 0 atom stereocenters. The maximum absolute atomic E-state index is 5.60. The van der Waals surface area contributed by atoms with Gasteiger partial charge in [0.25, 0.3) is 0 Å². The van der Waals surface area contributed by atoms with Crippen molar-refractivity contribution in [1.82, 2.24) is 15.3 Å². The lowest BCUT2D eigenvalue weighted by molar-refractivity contribution is 0.303. The van der Waals surface area contributed by atoms with Crippen LogP contribution in [0.25, 0.3) is 0 Å². The van der Waals surface area contributed by atoms with E-state index >= 15 is 0 Å². The van der Waals surface area contributed by atoms with Gasteiger partial charge >= 0.3 is 0 Å². The predicted molar refractivity (Wildman–Crippen MR) is 85.9 cm³/mol. The fourth-order valence-electron chi connectivity index (χ4n) is 2.71. The van der Waals surface area contributed by atoms with E-state index < -0.39 is 0 Å². The Morgan fingerprint density at radius 1 is 1.24 bits per heavy atom. The first-order valence-corrected chi connectivity index (χ1v) is 8.24. The molecule has 1 aromatic heterocycles. The van der Waals surface area contributed by atoms with Crippen LogP contribution in [0.2, 0.25) is 0 Å². The molecule has 1 fully saturated rings. The van der Waals surface area contributed by atoms with Crippen molar-refractivity contribution in [2.24, 2.45) is 5.92 Å². The summed E-state index contributed by atoms with van der Waals surface area (Å²) in [6, 6.07) is 0. The second-order valence-corrected chi connectivity index (χ2v) is 5.70. The van der Waals surface area contributed by atoms with Gasteiger partial charge < -0.3 is 15.0 Å². The van der Waals surface area contributed by atoms with Crippen LogP contribution in [0.3, 0.4) is 0 Å². The van der Waals surface area contributed by atoms with Crippen molar-refractivity contribution >= 4 is 5.82 Å². The number of aromatic nitrogens is 2. The van der Waals surface area contributed by atoms with Gasteiger partial charge in [-0.3, -0.25) is 4.98 Å². The molecule has 21 heavy (non-hydrogen) atoms. The minimum atomic E-state index is 0.640. The molecule has 1 aliphatic heterocycles. The first-order chi connectivity index (χ1) is 10.3. The van der Waals surface area contributed by atoms with Crippen molar-refractivity contribution in [3.05, 3.63) is 12.4 Å². The van der Waals surface area contributed by atoms with Crippen LogP contribution < -0.4 is 15.0 Å². The van der Waals surface area contributed by atoms with E-state index in [0.717, 1.165) is 50.8 Å². The molecule has 118 valence electrons. The molecule has 0 radical (unpaired) electrons. The monoisotopic (exact) mass is 292 g/mol. The highest BCUT2D eigenvalue weighted by atomic mass is 16.5. The van der Waals surface area contributed by atoms with Gasteiger partial charge in [-0.2, -0.15) is 4.98 Å². The van der Waals surface area contributed by atoms with Gasteiger partial charge in [-0.15, -0.1) is 0 Å². The third-order valence-electron chi connectivity index (χ3n) is 3.81. The zero-order valence-electron chi connectivity index (χ0n) is 13.3. The lowest BCUT2D eigenvalue weighted by atomic mass is 9.97. The van der Waals surface area contributed by atoms with Crippen LogP contribution in [-0.4, -0.2) is 42.8 Å². The average Bonchev–Trinajstić information content (AvgIpc) is 2.54. The average molecular weight is 292 g/mol. The highest BCUT2D eigenvalue weighted by Gasteiger charge is 2.18. The van der Waals surface area contributed by atoms with E-state index in [1.54, 1.807) is 6.20 Å². The number of hydrogen-bond acceptors (Lipinski definition) is 5. The van der Waals surface area contributed by atoms with Crippen molar-refractivity contribution in [3.8, 4) is 5.88 Å². The van der Waals surface area contributed by atoms with Crippen molar-refractivity contribution in [1.29, 1.82) is 0 Å². The van der Waals surface area contributed by atoms with Crippen LogP contribution in [0.5, 0.6) is 5.88 Å². The summed E-state index contributed by atoms with van der Waals surface area (Å²) in [5.74, 6) is 2.34. The predicted octanol–water partition coefficient (Wildman–Crippen LogP) is 2.48. The maximum Gasteiger partial charge on any atom is 0.234 e. The number of anilines is 1. The van der Waals surface area contributed by atoms with Crippen molar-refractivity contribution < 1.29 is 4.74 Å². The molecule has 0 saturated carbocycles. The summed E-state index contributed by atoms with van der Waals surface area (Å²) >= 11 is 0. The van der Waals surface area contributed by atoms with Gasteiger partial charge in [0, 0.05) is 13.1 Å². The normalized spacial score (nSPS) is 15.9. The molecule has 0 unspecified atom stereocenters. The Morgan fingerprint density at radius 3 is 2.76 bits per heavy atom. The Labute approximate surface area is 128 Å². The van der Waals surface area contributed by atoms with E-state index in [2.05, 4.69) is 34.0 Å². The number of rotatable bonds is 8. The molecule has 0 aromatic carbocycles. The van der Waals surface area contributed by atoms with Gasteiger partial charge in [0.2, 0.25) is 5.88 Å². The number of ether oxygens (including phenoxy) is 1. The minimum Gasteiger partial charge on any atom is -0.477 e. The molecule has 0 aliphatic carbocycles. The molecule has 1 N–H and O–H groups in total. The Hall–Kier alpha value is -1.36. The van der Waals surface area contributed by atoms with E-state index in [9.17, 15) is 0 Å². The van der Waals surface area contributed by atoms with E-state index in [0.29, 0.717) is 12.5 Å². The van der Waals surface area contributed by atoms with Gasteiger partial charge in [-0.25, -0.2) is 0 Å². The molecule has 1 saturated heterocycles. The number of nitrogens with zero attached hydrogens (tertiary/aromatic N) is 3. The molecule has 5 nitrogen and oxygen atoms in total. The third-order valence-corrected chi connectivity index (χ3v) is 3.81. The molecule has 5 heteroatoms. The zero-order chi connectivity index (χ0) is 14.9. The van der Waals surface area contributed by atoms with Crippen molar-refractivity contribution in [2.75, 3.05) is 37.7 Å². The van der Waals surface area contributed by atoms with E-state index in [1.807, 2.05) is 6.20 Å². The summed E-state index contributed by atoms with van der Waals surface area (Å²) in [5, 5.41) is 3.43. The highest BCUT2D eigenvalue weighted by molar-refractivity contribution is 5.37. The fourth-order valence-corrected chi connectivity index (χ4v) is 2.71. The number of hydrogen-bond donors (Lipinski definition) is 1. The SMILES string of the molecule is CCCOc1cncc(N(CCC)CC2CCNCC2)n1. The molecule has 1 aromatic rings. The number of nitrogens with one attached hydrogen (secondary N) is 1. The Morgan fingerprint density at radius 2 is 2.05 bits per heavy atom. The first kappa shape index (κ1) is 16.0. The Balaban J connectivity index is 2.01. The van der Waals surface area contributed by atoms with E-state index in [1.165, 1.54) is 12.8 Å². The van der Waals surface area contributed by atoms with Crippen LogP contribution >= 0.6 is 0 Å². The van der Waals surface area contributed by atoms with Gasteiger partial charge in [0.05, 0.1) is 19.0 Å². The third kappa shape index (κ3) is 5.16. The van der Waals surface area contributed by atoms with E-state index in [4.69, 9.17) is 4.74 Å². The molecule has 0 amide bonds. The van der Waals surface area contributed by atoms with Gasteiger partial charge in [-0.1, -0.05) is 13.8 Å². The molecule has 0 bridgehead atoms. The van der Waals surface area contributed by atoms with Crippen molar-refractivity contribution in [2.45, 2.75) is 39.5 Å². The smallest absolute Gasteiger partial charge is 0.234 e. The molecule has 0 spiro atoms. The van der Waals surface area contributed by atoms with Crippen molar-refractivity contribution in [3.63, 3.8) is 0 Å². The quantitative estimate of drug-likeness (QED) is 0.797. The Bertz CT molecular complexity index is 407. The zero-order valence-corrected chi connectivity index (χ0v) is 13.3. The molecular weight excluding hydrogens is 264 g/mol. The van der Waals surface area contributed by atoms with Crippen LogP contribution in [-0.2, 0) is 0 Å². The van der Waals surface area contributed by atoms with Gasteiger partial charge in [0.1, 0.15) is 0 Å². The van der Waals surface area contributed by atoms with Crippen LogP contribution in [0.15, 0.2) is 12.4 Å². The largest absolute Gasteiger partial charge is 0.477 e. The molecule has 2 heterocycles. The Kier molecular flexibility index (Phi) is 6.73. The highest BCUT2D eigenvalue weighted by Crippen LogP contribution is 2.20. The summed E-state index contributed by atoms with van der Waals surface area (Å²) in [4.78, 5) is 11.3. The van der Waals surface area contributed by atoms with Gasteiger partial charge in [-0.05, 0) is 44.7 Å². The summed E-state index contributed by atoms with van der Waals surface area (Å²) in [6.45, 7) is 9.36. The lowest BCUT2D eigenvalue weighted by Crippen LogP contribution is -2.37. The summed E-state index contributed by atoms with van der Waals surface area (Å²) in [5.41, 5.74) is 0. The summed E-state index contributed by atoms with van der Waals surface area (Å²) in [6.07, 6.45) is 8.16. The summed E-state index contributed by atoms with van der Waals surface area (Å²) in [7, 11) is 0. The van der Waals surface area contributed by atoms with Gasteiger partial charge in [0.15, 0.2) is 5.82 Å². The topological polar surface area (TPSA) is 50.3 Å². The fraction of sp³-hybridized carbons (Fsp3) is 0.750. The summed E-state index contributed by atoms with van der Waals surface area (Å²) < 4.78 is 5.60. The lowest BCUT2D eigenvalue weighted by Gasteiger charge is -2.30. The van der Waals surface area contributed by atoms with Crippen LogP contribution in [0.4, 0.5) is 5.82 Å². The number of piperidine rings is 1. The second kappa shape index (κ2) is 8.82. The standard InChI is InChI=1S/C16H28N4O/c1-3-9-20(13-14-5-7-17-8-6-14)15-11-18-12-16(19-15)21-10-4-2/h11-12,14,17H,3-10,13H2,1-2H3.